The summed E-state index contributed by atoms with van der Waals surface area (Å²) in [5, 5.41) is 1.35. The number of unbranched alkanes of at least 4 members (excludes halogenated alkanes) is 15. The Morgan fingerprint density at radius 3 is 1.55 bits per heavy atom. The fourth-order valence-electron chi connectivity index (χ4n) is 4.25. The van der Waals surface area contributed by atoms with Crippen LogP contribution in [0.25, 0.3) is 10.9 Å². The quantitative estimate of drug-likeness (QED) is 0.153. The van der Waals surface area contributed by atoms with Gasteiger partial charge in [-0.1, -0.05) is 109 Å². The summed E-state index contributed by atoms with van der Waals surface area (Å²) in [6.07, 6.45) is 25.2. The standard InChI is InChI=1S/C27H44N.HI/c1-2-3-4-5-6-7-8-9-10-11-12-13-14-15-16-19-24-28-25-20-22-26-21-17-18-23-27(26)28;/h17-18,20-23,25H,2-16,19,24H2,1H3;1H/q+1;/p-1. The Morgan fingerprint density at radius 1 is 0.552 bits per heavy atom. The fourth-order valence-corrected chi connectivity index (χ4v) is 4.25. The van der Waals surface area contributed by atoms with Crippen LogP contribution < -0.4 is 28.5 Å². The van der Waals surface area contributed by atoms with E-state index in [1.54, 1.807) is 0 Å². The van der Waals surface area contributed by atoms with Gasteiger partial charge in [-0.3, -0.25) is 0 Å². The third-order valence-corrected chi connectivity index (χ3v) is 6.04. The van der Waals surface area contributed by atoms with E-state index in [1.807, 2.05) is 0 Å². The SMILES string of the molecule is CCCCCCCCCCCCCCCCCC[n+]1cccc2ccccc21.[I-]. The Balaban J connectivity index is 0.00000420. The molecule has 0 bridgehead atoms. The number of hydrogen-bond donors (Lipinski definition) is 0. The van der Waals surface area contributed by atoms with Crippen molar-refractivity contribution in [3.05, 3.63) is 42.6 Å². The number of para-hydroxylation sites is 1. The summed E-state index contributed by atoms with van der Waals surface area (Å²) < 4.78 is 2.42. The molecule has 0 saturated heterocycles. The lowest BCUT2D eigenvalue weighted by molar-refractivity contribution is -0.671. The van der Waals surface area contributed by atoms with Crippen molar-refractivity contribution in [2.75, 3.05) is 0 Å². The largest absolute Gasteiger partial charge is 1.00 e. The van der Waals surface area contributed by atoms with E-state index in [0.29, 0.717) is 0 Å². The van der Waals surface area contributed by atoms with E-state index in [0.717, 1.165) is 6.54 Å². The van der Waals surface area contributed by atoms with Crippen molar-refractivity contribution < 1.29 is 28.5 Å². The first-order valence-corrected chi connectivity index (χ1v) is 12.3. The molecular weight excluding hydrogens is 465 g/mol. The summed E-state index contributed by atoms with van der Waals surface area (Å²) in [7, 11) is 0. The number of halogens is 1. The third-order valence-electron chi connectivity index (χ3n) is 6.04. The molecule has 2 heteroatoms. The molecule has 1 aromatic heterocycles. The van der Waals surface area contributed by atoms with Gasteiger partial charge in [-0.05, 0) is 18.6 Å². The Bertz CT molecular complexity index is 619. The van der Waals surface area contributed by atoms with Crippen LogP contribution in [0.5, 0.6) is 0 Å². The highest BCUT2D eigenvalue weighted by Gasteiger charge is 2.06. The highest BCUT2D eigenvalue weighted by atomic mass is 127. The van der Waals surface area contributed by atoms with Gasteiger partial charge in [-0.25, -0.2) is 0 Å². The average Bonchev–Trinajstić information content (AvgIpc) is 2.73. The van der Waals surface area contributed by atoms with Crippen molar-refractivity contribution in [3.63, 3.8) is 0 Å². The normalized spacial score (nSPS) is 10.9. The molecule has 0 fully saturated rings. The maximum atomic E-state index is 2.42. The molecular formula is C27H44IN. The van der Waals surface area contributed by atoms with Crippen LogP contribution in [0.2, 0.25) is 0 Å². The molecule has 0 atom stereocenters. The van der Waals surface area contributed by atoms with E-state index in [4.69, 9.17) is 0 Å². The summed E-state index contributed by atoms with van der Waals surface area (Å²) in [5.41, 5.74) is 1.37. The van der Waals surface area contributed by atoms with E-state index in [9.17, 15) is 0 Å². The summed E-state index contributed by atoms with van der Waals surface area (Å²) in [6.45, 7) is 3.45. The number of aromatic nitrogens is 1. The second-order valence-electron chi connectivity index (χ2n) is 8.56. The molecule has 2 aromatic rings. The zero-order valence-corrected chi connectivity index (χ0v) is 21.0. The maximum absolute atomic E-state index is 2.42. The van der Waals surface area contributed by atoms with Gasteiger partial charge < -0.3 is 24.0 Å². The second-order valence-corrected chi connectivity index (χ2v) is 8.56. The van der Waals surface area contributed by atoms with Crippen LogP contribution in [-0.2, 0) is 6.54 Å². The second kappa shape index (κ2) is 18.2. The number of pyridine rings is 1. The lowest BCUT2D eigenvalue weighted by Gasteiger charge is -2.04. The summed E-state index contributed by atoms with van der Waals surface area (Å²) >= 11 is 0. The molecule has 1 heterocycles. The van der Waals surface area contributed by atoms with Gasteiger partial charge in [0.1, 0.15) is 6.54 Å². The van der Waals surface area contributed by atoms with Crippen molar-refractivity contribution in [3.8, 4) is 0 Å². The average molecular weight is 510 g/mol. The van der Waals surface area contributed by atoms with Crippen molar-refractivity contribution in [2.24, 2.45) is 0 Å². The predicted octanol–water partition coefficient (Wildman–Crippen LogP) is 5.39. The lowest BCUT2D eigenvalue weighted by atomic mass is 10.0. The molecule has 1 nitrogen and oxygen atoms in total. The van der Waals surface area contributed by atoms with Crippen LogP contribution in [0, 0.1) is 0 Å². The minimum absolute atomic E-state index is 0. The van der Waals surface area contributed by atoms with E-state index in [2.05, 4.69) is 54.1 Å². The van der Waals surface area contributed by atoms with E-state index in [1.165, 1.54) is 114 Å². The van der Waals surface area contributed by atoms with Crippen LogP contribution in [-0.4, -0.2) is 0 Å². The number of benzene rings is 1. The van der Waals surface area contributed by atoms with Gasteiger partial charge >= 0.3 is 0 Å². The maximum Gasteiger partial charge on any atom is 0.212 e. The highest BCUT2D eigenvalue weighted by molar-refractivity contribution is 5.74. The molecule has 0 saturated carbocycles. The van der Waals surface area contributed by atoms with Gasteiger partial charge in [0.15, 0.2) is 6.20 Å². The van der Waals surface area contributed by atoms with Crippen LogP contribution in [0.4, 0.5) is 0 Å². The molecule has 2 rings (SSSR count). The first-order valence-electron chi connectivity index (χ1n) is 12.3. The van der Waals surface area contributed by atoms with Crippen molar-refractivity contribution in [1.29, 1.82) is 0 Å². The molecule has 1 aromatic carbocycles. The molecule has 0 N–H and O–H groups in total. The van der Waals surface area contributed by atoms with E-state index in [-0.39, 0.29) is 24.0 Å². The van der Waals surface area contributed by atoms with Gasteiger partial charge in [-0.15, -0.1) is 0 Å². The van der Waals surface area contributed by atoms with Gasteiger partial charge in [0, 0.05) is 23.9 Å². The van der Waals surface area contributed by atoms with Crippen LogP contribution in [0.3, 0.4) is 0 Å². The summed E-state index contributed by atoms with van der Waals surface area (Å²) in [4.78, 5) is 0. The number of fused-ring (bicyclic) bond motifs is 1. The van der Waals surface area contributed by atoms with Gasteiger partial charge in [-0.2, -0.15) is 4.57 Å². The summed E-state index contributed by atoms with van der Waals surface area (Å²) in [5.74, 6) is 0. The molecule has 0 amide bonds. The Labute approximate surface area is 197 Å². The predicted molar refractivity (Wildman–Crippen MR) is 124 cm³/mol. The van der Waals surface area contributed by atoms with Gasteiger partial charge in [0.2, 0.25) is 5.52 Å². The number of hydrogen-bond acceptors (Lipinski definition) is 0. The minimum Gasteiger partial charge on any atom is -1.00 e. The van der Waals surface area contributed by atoms with E-state index < -0.39 is 0 Å². The monoisotopic (exact) mass is 509 g/mol. The molecule has 0 radical (unpaired) electrons. The molecule has 29 heavy (non-hydrogen) atoms. The third kappa shape index (κ3) is 12.0. The Hall–Kier alpha value is -0.640. The van der Waals surface area contributed by atoms with Crippen molar-refractivity contribution >= 4 is 10.9 Å². The van der Waals surface area contributed by atoms with E-state index >= 15 is 0 Å². The van der Waals surface area contributed by atoms with Gasteiger partial charge in [0.25, 0.3) is 0 Å². The molecule has 0 aliphatic heterocycles. The smallest absolute Gasteiger partial charge is 0.212 e. The number of aryl methyl sites for hydroxylation is 1. The lowest BCUT2D eigenvalue weighted by Crippen LogP contribution is -3.00. The highest BCUT2D eigenvalue weighted by Crippen LogP contribution is 2.14. The number of nitrogens with zero attached hydrogens (tertiary/aromatic N) is 1. The molecule has 0 spiro atoms. The molecule has 0 aliphatic carbocycles. The minimum atomic E-state index is 0. The zero-order valence-electron chi connectivity index (χ0n) is 18.9. The molecule has 164 valence electrons. The topological polar surface area (TPSA) is 3.88 Å². The first kappa shape index (κ1) is 26.4. The molecule has 0 unspecified atom stereocenters. The zero-order chi connectivity index (χ0) is 19.7. The van der Waals surface area contributed by atoms with Crippen LogP contribution in [0.15, 0.2) is 42.6 Å². The molecule has 0 aliphatic rings. The van der Waals surface area contributed by atoms with Gasteiger partial charge in [0.05, 0.1) is 0 Å². The fraction of sp³-hybridized carbons (Fsp3) is 0.667. The van der Waals surface area contributed by atoms with Crippen LogP contribution in [0.1, 0.15) is 110 Å². The first-order chi connectivity index (χ1) is 13.9. The van der Waals surface area contributed by atoms with Crippen molar-refractivity contribution in [2.45, 2.75) is 116 Å². The number of rotatable bonds is 17. The summed E-state index contributed by atoms with van der Waals surface area (Å²) in [6, 6.07) is 13.1. The van der Waals surface area contributed by atoms with Crippen molar-refractivity contribution in [1.82, 2.24) is 0 Å². The Kier molecular flexibility index (Phi) is 16.5. The van der Waals surface area contributed by atoms with Crippen LogP contribution >= 0.6 is 0 Å². The Morgan fingerprint density at radius 2 is 1.00 bits per heavy atom.